The van der Waals surface area contributed by atoms with Crippen molar-refractivity contribution in [1.82, 2.24) is 5.32 Å². The van der Waals surface area contributed by atoms with Gasteiger partial charge in [0.15, 0.2) is 0 Å². The number of hydrogen-bond donors (Lipinski definition) is 1. The van der Waals surface area contributed by atoms with E-state index in [1.165, 1.54) is 0 Å². The fourth-order valence-corrected chi connectivity index (χ4v) is 1.25. The maximum Gasteiger partial charge on any atom is 0.139 e. The van der Waals surface area contributed by atoms with Crippen LogP contribution in [0, 0.1) is 0 Å². The number of carbonyl (C=O) groups excluding carboxylic acids is 1. The highest BCUT2D eigenvalue weighted by Gasteiger charge is 2.01. The van der Waals surface area contributed by atoms with Crippen molar-refractivity contribution in [2.45, 2.75) is 0 Å². The first-order chi connectivity index (χ1) is 6.65. The van der Waals surface area contributed by atoms with Crippen molar-refractivity contribution in [2.24, 2.45) is 0 Å². The van der Waals surface area contributed by atoms with E-state index in [0.717, 1.165) is 11.8 Å². The third-order valence-corrected chi connectivity index (χ3v) is 2.41. The first-order valence-electron chi connectivity index (χ1n) is 3.97. The molecule has 0 saturated carbocycles. The summed E-state index contributed by atoms with van der Waals surface area (Å²) in [5, 5.41) is 3.80. The molecule has 0 aliphatic carbocycles. The Morgan fingerprint density at radius 1 is 1.43 bits per heavy atom. The molecule has 1 rings (SSSR count). The number of carbonyl (C=O) groups is 1. The summed E-state index contributed by atoms with van der Waals surface area (Å²) in [4.78, 5) is 10.1. The van der Waals surface area contributed by atoms with Crippen LogP contribution >= 0.6 is 23.2 Å². The average Bonchev–Trinajstić information content (AvgIpc) is 2.18. The van der Waals surface area contributed by atoms with Crippen LogP contribution in [0.15, 0.2) is 24.8 Å². The Labute approximate surface area is 92.5 Å². The van der Waals surface area contributed by atoms with Crippen LogP contribution in [0.1, 0.15) is 5.56 Å². The quantitative estimate of drug-likeness (QED) is 0.805. The maximum absolute atomic E-state index is 10.1. The lowest BCUT2D eigenvalue weighted by molar-refractivity contribution is -0.107. The van der Waals surface area contributed by atoms with Gasteiger partial charge in [0, 0.05) is 5.70 Å². The molecule has 0 spiro atoms. The van der Waals surface area contributed by atoms with Crippen LogP contribution in [0.3, 0.4) is 0 Å². The average molecular weight is 230 g/mol. The number of rotatable bonds is 4. The zero-order valence-corrected chi connectivity index (χ0v) is 8.90. The van der Waals surface area contributed by atoms with Crippen LogP contribution in [-0.4, -0.2) is 12.8 Å². The Bertz CT molecular complexity index is 363. The van der Waals surface area contributed by atoms with E-state index < -0.39 is 0 Å². The van der Waals surface area contributed by atoms with Gasteiger partial charge in [0.1, 0.15) is 6.29 Å². The van der Waals surface area contributed by atoms with Crippen molar-refractivity contribution >= 4 is 35.2 Å². The van der Waals surface area contributed by atoms with Crippen LogP contribution in [-0.2, 0) is 4.79 Å². The molecule has 74 valence electrons. The molecule has 1 aromatic rings. The van der Waals surface area contributed by atoms with E-state index in [2.05, 4.69) is 11.9 Å². The van der Waals surface area contributed by atoms with Gasteiger partial charge in [-0.1, -0.05) is 35.8 Å². The number of hydrogen-bond acceptors (Lipinski definition) is 2. The standard InChI is InChI=1S/C10H9Cl2NO/c1-7(13-4-5-14)8-2-3-9(11)10(12)6-8/h2-3,5-6,13H,1,4H2. The van der Waals surface area contributed by atoms with Gasteiger partial charge in [-0.3, -0.25) is 0 Å². The predicted octanol–water partition coefficient (Wildman–Crippen LogP) is 2.75. The molecule has 0 aliphatic rings. The zero-order valence-electron chi connectivity index (χ0n) is 7.39. The monoisotopic (exact) mass is 229 g/mol. The molecule has 0 radical (unpaired) electrons. The summed E-state index contributed by atoms with van der Waals surface area (Å²) in [6, 6.07) is 5.17. The maximum atomic E-state index is 10.1. The molecule has 0 amide bonds. The van der Waals surface area contributed by atoms with Crippen molar-refractivity contribution in [3.63, 3.8) is 0 Å². The van der Waals surface area contributed by atoms with Crippen LogP contribution < -0.4 is 5.32 Å². The van der Waals surface area contributed by atoms with E-state index in [9.17, 15) is 4.79 Å². The molecule has 1 N–H and O–H groups in total. The summed E-state index contributed by atoms with van der Waals surface area (Å²) in [5.74, 6) is 0. The van der Waals surface area contributed by atoms with Gasteiger partial charge in [-0.25, -0.2) is 0 Å². The van der Waals surface area contributed by atoms with Gasteiger partial charge in [0.05, 0.1) is 16.6 Å². The lowest BCUT2D eigenvalue weighted by Crippen LogP contribution is -2.13. The fourth-order valence-electron chi connectivity index (χ4n) is 0.951. The number of benzene rings is 1. The van der Waals surface area contributed by atoms with Gasteiger partial charge in [-0.05, 0) is 17.7 Å². The van der Waals surface area contributed by atoms with E-state index in [-0.39, 0.29) is 6.54 Å². The topological polar surface area (TPSA) is 29.1 Å². The highest BCUT2D eigenvalue weighted by molar-refractivity contribution is 6.42. The summed E-state index contributed by atoms with van der Waals surface area (Å²) < 4.78 is 0. The molecule has 4 heteroatoms. The molecule has 0 unspecified atom stereocenters. The van der Waals surface area contributed by atoms with Gasteiger partial charge in [0.25, 0.3) is 0 Å². The minimum atomic E-state index is 0.235. The second-order valence-corrected chi connectivity index (χ2v) is 3.47. The summed E-state index contributed by atoms with van der Waals surface area (Å²) in [6.07, 6.45) is 0.767. The molecule has 0 saturated heterocycles. The number of aldehydes is 1. The van der Waals surface area contributed by atoms with Crippen molar-refractivity contribution in [2.75, 3.05) is 6.54 Å². The molecule has 2 nitrogen and oxygen atoms in total. The molecule has 14 heavy (non-hydrogen) atoms. The van der Waals surface area contributed by atoms with Crippen molar-refractivity contribution < 1.29 is 4.79 Å². The predicted molar refractivity (Wildman–Crippen MR) is 59.6 cm³/mol. The van der Waals surface area contributed by atoms with Crippen molar-refractivity contribution in [3.8, 4) is 0 Å². The third-order valence-electron chi connectivity index (χ3n) is 1.67. The summed E-state index contributed by atoms with van der Waals surface area (Å²) in [6.45, 7) is 4.00. The summed E-state index contributed by atoms with van der Waals surface area (Å²) in [5.41, 5.74) is 1.47. The van der Waals surface area contributed by atoms with E-state index in [4.69, 9.17) is 23.2 Å². The van der Waals surface area contributed by atoms with E-state index >= 15 is 0 Å². The Kier molecular flexibility index (Phi) is 3.98. The molecular weight excluding hydrogens is 221 g/mol. The molecule has 0 heterocycles. The highest BCUT2D eigenvalue weighted by atomic mass is 35.5. The summed E-state index contributed by atoms with van der Waals surface area (Å²) >= 11 is 11.6. The molecule has 0 aliphatic heterocycles. The first kappa shape index (κ1) is 11.1. The van der Waals surface area contributed by atoms with E-state index in [1.807, 2.05) is 0 Å². The second-order valence-electron chi connectivity index (χ2n) is 2.66. The third kappa shape index (κ3) is 2.76. The van der Waals surface area contributed by atoms with Crippen LogP contribution in [0.4, 0.5) is 0 Å². The smallest absolute Gasteiger partial charge is 0.139 e. The molecule has 0 aromatic heterocycles. The molecule has 0 fully saturated rings. The normalized spacial score (nSPS) is 9.57. The molecule has 1 aromatic carbocycles. The van der Waals surface area contributed by atoms with Gasteiger partial charge in [-0.15, -0.1) is 0 Å². The van der Waals surface area contributed by atoms with E-state index in [0.29, 0.717) is 15.7 Å². The first-order valence-corrected chi connectivity index (χ1v) is 4.72. The van der Waals surface area contributed by atoms with Gasteiger partial charge < -0.3 is 10.1 Å². The van der Waals surface area contributed by atoms with Gasteiger partial charge in [-0.2, -0.15) is 0 Å². The van der Waals surface area contributed by atoms with Crippen LogP contribution in [0.25, 0.3) is 5.70 Å². The van der Waals surface area contributed by atoms with Crippen molar-refractivity contribution in [3.05, 3.63) is 40.4 Å². The zero-order chi connectivity index (χ0) is 10.6. The molecule has 0 atom stereocenters. The Balaban J connectivity index is 2.80. The lowest BCUT2D eigenvalue weighted by Gasteiger charge is -2.07. The van der Waals surface area contributed by atoms with Crippen molar-refractivity contribution in [1.29, 1.82) is 0 Å². The summed E-state index contributed by atoms with van der Waals surface area (Å²) in [7, 11) is 0. The minimum absolute atomic E-state index is 0.235. The van der Waals surface area contributed by atoms with E-state index in [1.54, 1.807) is 18.2 Å². The Morgan fingerprint density at radius 3 is 2.71 bits per heavy atom. The molecule has 0 bridgehead atoms. The largest absolute Gasteiger partial charge is 0.378 e. The van der Waals surface area contributed by atoms with Gasteiger partial charge in [0.2, 0.25) is 0 Å². The Morgan fingerprint density at radius 2 is 2.14 bits per heavy atom. The minimum Gasteiger partial charge on any atom is -0.378 e. The lowest BCUT2D eigenvalue weighted by atomic mass is 10.2. The SMILES string of the molecule is C=C(NCC=O)c1ccc(Cl)c(Cl)c1. The fraction of sp³-hybridized carbons (Fsp3) is 0.100. The second kappa shape index (κ2) is 5.03. The Hall–Kier alpha value is -0.990. The van der Waals surface area contributed by atoms with Crippen LogP contribution in [0.5, 0.6) is 0 Å². The molecular formula is C10H9Cl2NO. The van der Waals surface area contributed by atoms with Crippen LogP contribution in [0.2, 0.25) is 10.0 Å². The highest BCUT2D eigenvalue weighted by Crippen LogP contribution is 2.24. The number of halogens is 2. The van der Waals surface area contributed by atoms with Gasteiger partial charge >= 0.3 is 0 Å². The number of nitrogens with one attached hydrogen (secondary N) is 1.